The second kappa shape index (κ2) is 3.62. The number of para-hydroxylation sites is 1. The minimum absolute atomic E-state index is 0.533. The van der Waals surface area contributed by atoms with Gasteiger partial charge in [-0.25, -0.2) is 0 Å². The Balaban J connectivity index is 2.35. The Labute approximate surface area is 85.7 Å². The molecule has 1 aliphatic heterocycles. The lowest BCUT2D eigenvalue weighted by Gasteiger charge is -2.18. The average Bonchev–Trinajstić information content (AvgIpc) is 2.62. The number of nitrogens with one attached hydrogen (secondary N) is 2. The molecular formula is C12H18N2. The van der Waals surface area contributed by atoms with E-state index in [-0.39, 0.29) is 0 Å². The van der Waals surface area contributed by atoms with E-state index in [4.69, 9.17) is 0 Å². The molecule has 1 aromatic carbocycles. The molecule has 1 heterocycles. The number of fused-ring (bicyclic) bond motifs is 1. The molecule has 2 heteroatoms. The van der Waals surface area contributed by atoms with Crippen LogP contribution in [0.4, 0.5) is 5.69 Å². The van der Waals surface area contributed by atoms with Crippen LogP contribution >= 0.6 is 0 Å². The number of likely N-dealkylation sites (N-methyl/N-ethyl adjacent to an activating group) is 1. The average molecular weight is 190 g/mol. The van der Waals surface area contributed by atoms with Crippen molar-refractivity contribution < 1.29 is 0 Å². The molecule has 0 spiro atoms. The van der Waals surface area contributed by atoms with Crippen molar-refractivity contribution in [3.63, 3.8) is 0 Å². The summed E-state index contributed by atoms with van der Waals surface area (Å²) in [6, 6.07) is 7.08. The predicted molar refractivity (Wildman–Crippen MR) is 60.9 cm³/mol. The number of rotatable bonds is 2. The van der Waals surface area contributed by atoms with Gasteiger partial charge in [0.1, 0.15) is 0 Å². The number of benzene rings is 1. The molecule has 2 N–H and O–H groups in total. The maximum absolute atomic E-state index is 3.49. The molecule has 2 atom stereocenters. The Morgan fingerprint density at radius 2 is 2.29 bits per heavy atom. The van der Waals surface area contributed by atoms with E-state index in [1.807, 2.05) is 7.05 Å². The van der Waals surface area contributed by atoms with Crippen LogP contribution < -0.4 is 10.6 Å². The van der Waals surface area contributed by atoms with Gasteiger partial charge >= 0.3 is 0 Å². The second-order valence-electron chi connectivity index (χ2n) is 4.10. The monoisotopic (exact) mass is 190 g/mol. The molecule has 0 saturated heterocycles. The van der Waals surface area contributed by atoms with E-state index < -0.39 is 0 Å². The van der Waals surface area contributed by atoms with E-state index in [0.717, 1.165) is 6.54 Å². The lowest BCUT2D eigenvalue weighted by molar-refractivity contribution is 0.523. The van der Waals surface area contributed by atoms with Crippen LogP contribution in [0.3, 0.4) is 0 Å². The van der Waals surface area contributed by atoms with Gasteiger partial charge < -0.3 is 10.6 Å². The molecule has 2 unspecified atom stereocenters. The third-order valence-corrected chi connectivity index (χ3v) is 3.26. The summed E-state index contributed by atoms with van der Waals surface area (Å²) >= 11 is 0. The van der Waals surface area contributed by atoms with E-state index in [1.54, 1.807) is 0 Å². The van der Waals surface area contributed by atoms with E-state index in [1.165, 1.54) is 16.8 Å². The summed E-state index contributed by atoms with van der Waals surface area (Å²) in [6.45, 7) is 5.46. The van der Waals surface area contributed by atoms with Crippen molar-refractivity contribution in [3.8, 4) is 0 Å². The quantitative estimate of drug-likeness (QED) is 0.746. The third-order valence-electron chi connectivity index (χ3n) is 3.26. The van der Waals surface area contributed by atoms with E-state index >= 15 is 0 Å². The largest absolute Gasteiger partial charge is 0.384 e. The van der Waals surface area contributed by atoms with Gasteiger partial charge in [0.15, 0.2) is 0 Å². The Bertz CT molecular complexity index is 333. The first-order valence-corrected chi connectivity index (χ1v) is 5.24. The van der Waals surface area contributed by atoms with Crippen molar-refractivity contribution >= 4 is 5.69 Å². The molecule has 0 aliphatic carbocycles. The summed E-state index contributed by atoms with van der Waals surface area (Å²) in [7, 11) is 2.03. The number of hydrogen-bond donors (Lipinski definition) is 2. The van der Waals surface area contributed by atoms with E-state index in [9.17, 15) is 0 Å². The Hall–Kier alpha value is -1.02. The van der Waals surface area contributed by atoms with Gasteiger partial charge in [0.25, 0.3) is 0 Å². The first-order chi connectivity index (χ1) is 6.74. The Morgan fingerprint density at radius 3 is 3.00 bits per heavy atom. The number of anilines is 1. The molecule has 0 radical (unpaired) electrons. The zero-order valence-electron chi connectivity index (χ0n) is 9.09. The number of hydrogen-bond acceptors (Lipinski definition) is 2. The van der Waals surface area contributed by atoms with Gasteiger partial charge in [0.05, 0.1) is 0 Å². The summed E-state index contributed by atoms with van der Waals surface area (Å²) in [4.78, 5) is 0. The van der Waals surface area contributed by atoms with Crippen molar-refractivity contribution in [2.45, 2.75) is 25.8 Å². The first-order valence-electron chi connectivity index (χ1n) is 5.24. The van der Waals surface area contributed by atoms with Crippen molar-refractivity contribution in [2.24, 2.45) is 0 Å². The molecule has 0 fully saturated rings. The van der Waals surface area contributed by atoms with Crippen LogP contribution in [0.5, 0.6) is 0 Å². The Morgan fingerprint density at radius 1 is 1.50 bits per heavy atom. The predicted octanol–water partition coefficient (Wildman–Crippen LogP) is 2.11. The van der Waals surface area contributed by atoms with Gasteiger partial charge in [-0.3, -0.25) is 0 Å². The van der Waals surface area contributed by atoms with Crippen molar-refractivity contribution in [1.82, 2.24) is 5.32 Å². The van der Waals surface area contributed by atoms with Crippen LogP contribution in [0.1, 0.15) is 24.0 Å². The van der Waals surface area contributed by atoms with Gasteiger partial charge in [-0.15, -0.1) is 0 Å². The van der Waals surface area contributed by atoms with Gasteiger partial charge in [0, 0.05) is 24.2 Å². The highest BCUT2D eigenvalue weighted by atomic mass is 15.0. The smallest absolute Gasteiger partial charge is 0.0406 e. The zero-order chi connectivity index (χ0) is 10.1. The standard InChI is InChI=1S/C12H18N2/c1-8-5-4-6-10-11(9(2)13-3)7-14-12(8)10/h4-6,9,11,13-14H,7H2,1-3H3. The van der Waals surface area contributed by atoms with Crippen LogP contribution in [-0.2, 0) is 0 Å². The Kier molecular flexibility index (Phi) is 2.46. The minimum atomic E-state index is 0.533. The zero-order valence-corrected chi connectivity index (χ0v) is 9.09. The molecule has 0 bridgehead atoms. The molecule has 0 amide bonds. The van der Waals surface area contributed by atoms with E-state index in [0.29, 0.717) is 12.0 Å². The summed E-state index contributed by atoms with van der Waals surface area (Å²) in [5.74, 6) is 0.606. The molecule has 1 aromatic rings. The van der Waals surface area contributed by atoms with E-state index in [2.05, 4.69) is 42.7 Å². The molecule has 0 aromatic heterocycles. The number of aryl methyl sites for hydroxylation is 1. The first kappa shape index (κ1) is 9.53. The lowest BCUT2D eigenvalue weighted by atomic mass is 9.93. The fraction of sp³-hybridized carbons (Fsp3) is 0.500. The van der Waals surface area contributed by atoms with Crippen molar-refractivity contribution in [3.05, 3.63) is 29.3 Å². The summed E-state index contributed by atoms with van der Waals surface area (Å²) < 4.78 is 0. The lowest BCUT2D eigenvalue weighted by Crippen LogP contribution is -2.29. The molecular weight excluding hydrogens is 172 g/mol. The summed E-state index contributed by atoms with van der Waals surface area (Å²) in [6.07, 6.45) is 0. The maximum atomic E-state index is 3.49. The highest BCUT2D eigenvalue weighted by Crippen LogP contribution is 2.35. The molecule has 0 saturated carbocycles. The second-order valence-corrected chi connectivity index (χ2v) is 4.10. The van der Waals surface area contributed by atoms with Crippen molar-refractivity contribution in [1.29, 1.82) is 0 Å². The van der Waals surface area contributed by atoms with Gasteiger partial charge in [-0.05, 0) is 32.0 Å². The highest BCUT2D eigenvalue weighted by Gasteiger charge is 2.26. The van der Waals surface area contributed by atoms with Crippen LogP contribution in [-0.4, -0.2) is 19.6 Å². The highest BCUT2D eigenvalue weighted by molar-refractivity contribution is 5.63. The molecule has 2 rings (SSSR count). The van der Waals surface area contributed by atoms with Crippen LogP contribution in [0.2, 0.25) is 0 Å². The third kappa shape index (κ3) is 1.40. The van der Waals surface area contributed by atoms with Gasteiger partial charge in [-0.1, -0.05) is 18.2 Å². The van der Waals surface area contributed by atoms with Gasteiger partial charge in [0.2, 0.25) is 0 Å². The van der Waals surface area contributed by atoms with Crippen LogP contribution in [0, 0.1) is 6.92 Å². The SMILES string of the molecule is CNC(C)C1CNc2c(C)cccc21. The summed E-state index contributed by atoms with van der Waals surface area (Å²) in [5, 5.41) is 6.82. The van der Waals surface area contributed by atoms with Crippen LogP contribution in [0.25, 0.3) is 0 Å². The molecule has 14 heavy (non-hydrogen) atoms. The fourth-order valence-electron chi connectivity index (χ4n) is 2.21. The molecule has 1 aliphatic rings. The topological polar surface area (TPSA) is 24.1 Å². The molecule has 76 valence electrons. The molecule has 2 nitrogen and oxygen atoms in total. The minimum Gasteiger partial charge on any atom is -0.384 e. The van der Waals surface area contributed by atoms with Crippen LogP contribution in [0.15, 0.2) is 18.2 Å². The maximum Gasteiger partial charge on any atom is 0.0406 e. The van der Waals surface area contributed by atoms with Gasteiger partial charge in [-0.2, -0.15) is 0 Å². The summed E-state index contributed by atoms with van der Waals surface area (Å²) in [5.41, 5.74) is 4.17. The fourth-order valence-corrected chi connectivity index (χ4v) is 2.21. The van der Waals surface area contributed by atoms with Crippen molar-refractivity contribution in [2.75, 3.05) is 18.9 Å². The normalized spacial score (nSPS) is 21.5.